The summed E-state index contributed by atoms with van der Waals surface area (Å²) in [6.07, 6.45) is 0. The maximum Gasteiger partial charge on any atom is 0.200 e. The summed E-state index contributed by atoms with van der Waals surface area (Å²) >= 11 is 0. The van der Waals surface area contributed by atoms with Crippen LogP contribution in [0.4, 0.5) is 0 Å². The van der Waals surface area contributed by atoms with Gasteiger partial charge in [0, 0.05) is 11.1 Å². The normalized spacial score (nSPS) is 10.6. The molecule has 3 nitrogen and oxygen atoms in total. The van der Waals surface area contributed by atoms with Crippen molar-refractivity contribution in [2.75, 3.05) is 0 Å². The number of phenols is 2. The summed E-state index contributed by atoms with van der Waals surface area (Å²) in [5, 5.41) is 21.5. The van der Waals surface area contributed by atoms with Gasteiger partial charge < -0.3 is 10.2 Å². The van der Waals surface area contributed by atoms with E-state index < -0.39 is 5.78 Å². The van der Waals surface area contributed by atoms with Crippen molar-refractivity contribution in [1.82, 2.24) is 0 Å². The number of carbonyl (C=O) groups excluding carboxylic acids is 1. The molecule has 0 amide bonds. The lowest BCUT2D eigenvalue weighted by atomic mass is 9.94. The third-order valence-electron chi connectivity index (χ3n) is 4.73. The molecule has 0 bridgehead atoms. The molecule has 4 aromatic carbocycles. The Bertz CT molecular complexity index is 1040. The average molecular weight is 366 g/mol. The molecule has 4 rings (SSSR count). The highest BCUT2D eigenvalue weighted by atomic mass is 16.3. The van der Waals surface area contributed by atoms with E-state index in [4.69, 9.17) is 0 Å². The molecule has 28 heavy (non-hydrogen) atoms. The van der Waals surface area contributed by atoms with Crippen molar-refractivity contribution in [3.05, 3.63) is 108 Å². The second kappa shape index (κ2) is 7.41. The van der Waals surface area contributed by atoms with Gasteiger partial charge in [0.25, 0.3) is 0 Å². The van der Waals surface area contributed by atoms with Gasteiger partial charge in [-0.1, -0.05) is 84.9 Å². The van der Waals surface area contributed by atoms with E-state index in [1.165, 1.54) is 0 Å². The fraction of sp³-hybridized carbons (Fsp3) is 0. The minimum atomic E-state index is -0.425. The molecule has 0 unspecified atom stereocenters. The Balaban J connectivity index is 1.79. The summed E-state index contributed by atoms with van der Waals surface area (Å²) in [6, 6.07) is 28.9. The van der Waals surface area contributed by atoms with Gasteiger partial charge in [-0.25, -0.2) is 0 Å². The fourth-order valence-electron chi connectivity index (χ4n) is 3.30. The highest BCUT2D eigenvalue weighted by molar-refractivity contribution is 6.14. The average Bonchev–Trinajstić information content (AvgIpc) is 2.75. The van der Waals surface area contributed by atoms with Gasteiger partial charge >= 0.3 is 0 Å². The molecule has 3 heteroatoms. The second-order valence-electron chi connectivity index (χ2n) is 6.46. The lowest BCUT2D eigenvalue weighted by Gasteiger charge is -2.12. The monoisotopic (exact) mass is 366 g/mol. The molecule has 0 radical (unpaired) electrons. The Kier molecular flexibility index (Phi) is 4.65. The van der Waals surface area contributed by atoms with Crippen molar-refractivity contribution in [2.24, 2.45) is 0 Å². The zero-order chi connectivity index (χ0) is 19.5. The van der Waals surface area contributed by atoms with Crippen LogP contribution in [0.15, 0.2) is 97.1 Å². The van der Waals surface area contributed by atoms with Crippen LogP contribution in [-0.2, 0) is 0 Å². The van der Waals surface area contributed by atoms with Crippen LogP contribution in [0.25, 0.3) is 22.3 Å². The van der Waals surface area contributed by atoms with Gasteiger partial charge in [0.2, 0.25) is 5.78 Å². The SMILES string of the molecule is O=C(c1cccc(-c2ccccc2)c1O)c1cccc(-c2ccccc2)c1O. The lowest BCUT2D eigenvalue weighted by Crippen LogP contribution is -2.03. The Morgan fingerprint density at radius 2 is 0.893 bits per heavy atom. The van der Waals surface area contributed by atoms with Crippen molar-refractivity contribution in [2.45, 2.75) is 0 Å². The predicted molar refractivity (Wildman–Crippen MR) is 111 cm³/mol. The number of hydrogen-bond acceptors (Lipinski definition) is 3. The molecule has 0 aliphatic rings. The van der Waals surface area contributed by atoms with E-state index in [1.54, 1.807) is 36.4 Å². The minimum Gasteiger partial charge on any atom is -0.507 e. The van der Waals surface area contributed by atoms with Crippen molar-refractivity contribution in [3.8, 4) is 33.8 Å². The third-order valence-corrected chi connectivity index (χ3v) is 4.73. The van der Waals surface area contributed by atoms with E-state index in [1.807, 2.05) is 60.7 Å². The highest BCUT2D eigenvalue weighted by Gasteiger charge is 2.21. The van der Waals surface area contributed by atoms with Gasteiger partial charge in [0.15, 0.2) is 0 Å². The Hall–Kier alpha value is -3.85. The Morgan fingerprint density at radius 1 is 0.500 bits per heavy atom. The predicted octanol–water partition coefficient (Wildman–Crippen LogP) is 5.66. The van der Waals surface area contributed by atoms with E-state index in [2.05, 4.69) is 0 Å². The Morgan fingerprint density at radius 3 is 1.29 bits per heavy atom. The largest absolute Gasteiger partial charge is 0.507 e. The van der Waals surface area contributed by atoms with Crippen molar-refractivity contribution >= 4 is 5.78 Å². The van der Waals surface area contributed by atoms with Crippen LogP contribution in [-0.4, -0.2) is 16.0 Å². The summed E-state index contributed by atoms with van der Waals surface area (Å²) in [5.41, 5.74) is 3.09. The van der Waals surface area contributed by atoms with Gasteiger partial charge in [0.05, 0.1) is 11.1 Å². The molecule has 0 saturated carbocycles. The summed E-state index contributed by atoms with van der Waals surface area (Å²) in [5.74, 6) is -0.614. The number of ketones is 1. The molecule has 0 spiro atoms. The maximum absolute atomic E-state index is 13.1. The van der Waals surface area contributed by atoms with Crippen LogP contribution in [0.1, 0.15) is 15.9 Å². The van der Waals surface area contributed by atoms with E-state index in [-0.39, 0.29) is 22.6 Å². The quantitative estimate of drug-likeness (QED) is 0.458. The van der Waals surface area contributed by atoms with Crippen LogP contribution in [0.2, 0.25) is 0 Å². The van der Waals surface area contributed by atoms with Crippen LogP contribution in [0.5, 0.6) is 11.5 Å². The van der Waals surface area contributed by atoms with Crippen LogP contribution in [0.3, 0.4) is 0 Å². The number of rotatable bonds is 4. The molecule has 0 fully saturated rings. The number of aromatic hydroxyl groups is 2. The fourth-order valence-corrected chi connectivity index (χ4v) is 3.30. The maximum atomic E-state index is 13.1. The van der Waals surface area contributed by atoms with Crippen molar-refractivity contribution in [1.29, 1.82) is 0 Å². The molecule has 4 aromatic rings. The number of benzene rings is 4. The number of phenolic OH excluding ortho intramolecular Hbond substituents is 2. The van der Waals surface area contributed by atoms with Crippen LogP contribution in [0, 0.1) is 0 Å². The van der Waals surface area contributed by atoms with Crippen LogP contribution >= 0.6 is 0 Å². The Labute approximate surface area is 163 Å². The molecule has 0 heterocycles. The summed E-state index contributed by atoms with van der Waals surface area (Å²) in [6.45, 7) is 0. The van der Waals surface area contributed by atoms with E-state index in [0.29, 0.717) is 11.1 Å². The van der Waals surface area contributed by atoms with Gasteiger partial charge in [-0.05, 0) is 23.3 Å². The van der Waals surface area contributed by atoms with Crippen molar-refractivity contribution < 1.29 is 15.0 Å². The molecular weight excluding hydrogens is 348 g/mol. The van der Waals surface area contributed by atoms with E-state index in [0.717, 1.165) is 11.1 Å². The minimum absolute atomic E-state index is 0.0942. The van der Waals surface area contributed by atoms with Gasteiger partial charge in [-0.2, -0.15) is 0 Å². The molecule has 0 aromatic heterocycles. The van der Waals surface area contributed by atoms with Gasteiger partial charge in [-0.15, -0.1) is 0 Å². The lowest BCUT2D eigenvalue weighted by molar-refractivity contribution is 0.103. The highest BCUT2D eigenvalue weighted by Crippen LogP contribution is 2.37. The molecule has 0 atom stereocenters. The van der Waals surface area contributed by atoms with E-state index in [9.17, 15) is 15.0 Å². The topological polar surface area (TPSA) is 57.5 Å². The molecule has 2 N–H and O–H groups in total. The number of carbonyl (C=O) groups is 1. The first-order valence-electron chi connectivity index (χ1n) is 8.96. The smallest absolute Gasteiger partial charge is 0.200 e. The van der Waals surface area contributed by atoms with Gasteiger partial charge in [-0.3, -0.25) is 4.79 Å². The van der Waals surface area contributed by atoms with Gasteiger partial charge in [0.1, 0.15) is 11.5 Å². The van der Waals surface area contributed by atoms with Crippen molar-refractivity contribution in [3.63, 3.8) is 0 Å². The number of para-hydroxylation sites is 2. The molecule has 0 aliphatic heterocycles. The molecule has 0 saturated heterocycles. The third kappa shape index (κ3) is 3.14. The second-order valence-corrected chi connectivity index (χ2v) is 6.46. The molecule has 136 valence electrons. The molecular formula is C25H18O3. The number of hydrogen-bond donors (Lipinski definition) is 2. The zero-order valence-electron chi connectivity index (χ0n) is 15.0. The van der Waals surface area contributed by atoms with Crippen LogP contribution < -0.4 is 0 Å². The first-order chi connectivity index (χ1) is 13.7. The zero-order valence-corrected chi connectivity index (χ0v) is 15.0. The summed E-state index contributed by atoms with van der Waals surface area (Å²) in [4.78, 5) is 13.1. The first-order valence-corrected chi connectivity index (χ1v) is 8.96. The standard InChI is InChI=1S/C25H18O3/c26-23-19(17-9-3-1-4-10-17)13-7-15-21(23)25(28)22-16-8-14-20(24(22)27)18-11-5-2-6-12-18/h1-16,26-27H. The summed E-state index contributed by atoms with van der Waals surface area (Å²) in [7, 11) is 0. The summed E-state index contributed by atoms with van der Waals surface area (Å²) < 4.78 is 0. The first kappa shape index (κ1) is 17.6. The molecule has 0 aliphatic carbocycles. The van der Waals surface area contributed by atoms with E-state index >= 15 is 0 Å².